The average Bonchev–Trinajstić information content (AvgIpc) is 3.09. The van der Waals surface area contributed by atoms with Gasteiger partial charge in [0.1, 0.15) is 5.75 Å². The number of nitrogens with zero attached hydrogens (tertiary/aromatic N) is 2. The highest BCUT2D eigenvalue weighted by Crippen LogP contribution is 2.25. The van der Waals surface area contributed by atoms with Gasteiger partial charge in [0.2, 0.25) is 0 Å². The fraction of sp³-hybridized carbons (Fsp3) is 0.120. The summed E-state index contributed by atoms with van der Waals surface area (Å²) < 4.78 is 32.6. The Morgan fingerprint density at radius 3 is 1.97 bits per heavy atom. The zero-order chi connectivity index (χ0) is 27.9. The molecule has 0 aromatic heterocycles. The van der Waals surface area contributed by atoms with Crippen LogP contribution in [0.5, 0.6) is 5.75 Å². The van der Waals surface area contributed by atoms with Crippen molar-refractivity contribution in [3.05, 3.63) is 89.5 Å². The number of benzene rings is 3. The Kier molecular flexibility index (Phi) is 9.23. The smallest absolute Gasteiger partial charge is 0.343 e. The molecule has 0 aliphatic carbocycles. The number of carbonyl (C=O) groups is 3. The standard InChI is InChI=1S/C24H20N4O4S.CH4O3S/c25-24(26)27-16-7-5-15(6-8-16)23(31)32-17-9-11-18(12-10-17)33-14-13-28-21(29)19-3-1-2-4-20(19)22(28)30;1-5(2,3)4/h1-12H,13-14H2,(H4,25,26,27);1H3,(H,2,3,4)/p-1. The van der Waals surface area contributed by atoms with Crippen molar-refractivity contribution in [1.82, 2.24) is 4.90 Å². The van der Waals surface area contributed by atoms with E-state index in [1.54, 1.807) is 60.7 Å². The van der Waals surface area contributed by atoms with Gasteiger partial charge < -0.3 is 20.8 Å². The van der Waals surface area contributed by atoms with E-state index in [-0.39, 0.29) is 17.8 Å². The van der Waals surface area contributed by atoms with Gasteiger partial charge in [-0.15, -0.1) is 11.8 Å². The van der Waals surface area contributed by atoms with Crippen molar-refractivity contribution in [2.45, 2.75) is 4.90 Å². The lowest BCUT2D eigenvalue weighted by Crippen LogP contribution is -2.31. The molecule has 0 fully saturated rings. The Morgan fingerprint density at radius 1 is 0.947 bits per heavy atom. The first kappa shape index (κ1) is 28.4. The molecule has 4 rings (SSSR count). The molecule has 0 saturated carbocycles. The molecular weight excluding hydrogens is 532 g/mol. The monoisotopic (exact) mass is 555 g/mol. The van der Waals surface area contributed by atoms with Crippen molar-refractivity contribution in [1.29, 1.82) is 0 Å². The van der Waals surface area contributed by atoms with Crippen molar-refractivity contribution in [3.8, 4) is 5.75 Å². The molecular formula is C25H23N4O7S2-. The van der Waals surface area contributed by atoms with Gasteiger partial charge in [-0.1, -0.05) is 12.1 Å². The van der Waals surface area contributed by atoms with Gasteiger partial charge >= 0.3 is 5.97 Å². The molecule has 0 unspecified atom stereocenters. The van der Waals surface area contributed by atoms with Crippen LogP contribution in [0.2, 0.25) is 0 Å². The van der Waals surface area contributed by atoms with E-state index in [2.05, 4.69) is 4.99 Å². The topological polar surface area (TPSA) is 185 Å². The molecule has 1 heterocycles. The molecule has 13 heteroatoms. The van der Waals surface area contributed by atoms with Crippen molar-refractivity contribution in [2.24, 2.45) is 16.5 Å². The first-order valence-corrected chi connectivity index (χ1v) is 13.7. The van der Waals surface area contributed by atoms with Crippen LogP contribution in [0.25, 0.3) is 0 Å². The van der Waals surface area contributed by atoms with Gasteiger partial charge in [-0.05, 0) is 60.7 Å². The van der Waals surface area contributed by atoms with Gasteiger partial charge in [0.25, 0.3) is 11.8 Å². The maximum Gasteiger partial charge on any atom is 0.343 e. The summed E-state index contributed by atoms with van der Waals surface area (Å²) in [6.07, 6.45) is 0.604. The molecule has 0 saturated heterocycles. The van der Waals surface area contributed by atoms with Crippen molar-refractivity contribution < 1.29 is 32.1 Å². The van der Waals surface area contributed by atoms with Crippen LogP contribution in [0.1, 0.15) is 31.1 Å². The Morgan fingerprint density at radius 2 is 1.47 bits per heavy atom. The van der Waals surface area contributed by atoms with Crippen molar-refractivity contribution in [2.75, 3.05) is 18.6 Å². The number of ether oxygens (including phenoxy) is 1. The van der Waals surface area contributed by atoms with Gasteiger partial charge in [-0.25, -0.2) is 18.2 Å². The van der Waals surface area contributed by atoms with Crippen molar-refractivity contribution >= 4 is 51.3 Å². The van der Waals surface area contributed by atoms with Crippen LogP contribution in [-0.2, 0) is 10.1 Å². The van der Waals surface area contributed by atoms with Gasteiger partial charge in [-0.2, -0.15) is 0 Å². The van der Waals surface area contributed by atoms with Crippen LogP contribution in [0.4, 0.5) is 5.69 Å². The maximum absolute atomic E-state index is 12.4. The molecule has 4 N–H and O–H groups in total. The van der Waals surface area contributed by atoms with E-state index in [9.17, 15) is 14.4 Å². The summed E-state index contributed by atoms with van der Waals surface area (Å²) in [4.78, 5) is 43.2. The van der Waals surface area contributed by atoms with Crippen LogP contribution < -0.4 is 16.2 Å². The number of carbonyl (C=O) groups excluding carboxylic acids is 3. The lowest BCUT2D eigenvalue weighted by molar-refractivity contribution is 0.0662. The lowest BCUT2D eigenvalue weighted by Gasteiger charge is -2.13. The molecule has 38 heavy (non-hydrogen) atoms. The van der Waals surface area contributed by atoms with E-state index in [0.717, 1.165) is 4.90 Å². The fourth-order valence-corrected chi connectivity index (χ4v) is 4.13. The molecule has 3 aromatic rings. The molecule has 0 atom stereocenters. The third-order valence-corrected chi connectivity index (χ3v) is 5.85. The Bertz CT molecular complexity index is 1430. The predicted molar refractivity (Wildman–Crippen MR) is 141 cm³/mol. The number of hydrogen-bond acceptors (Lipinski definition) is 9. The lowest BCUT2D eigenvalue weighted by atomic mass is 10.1. The fourth-order valence-electron chi connectivity index (χ4n) is 3.29. The number of hydrogen-bond donors (Lipinski definition) is 2. The van der Waals surface area contributed by atoms with E-state index in [1.807, 2.05) is 12.1 Å². The zero-order valence-electron chi connectivity index (χ0n) is 20.1. The van der Waals surface area contributed by atoms with E-state index >= 15 is 0 Å². The first-order chi connectivity index (χ1) is 17.9. The number of rotatable bonds is 7. The van der Waals surface area contributed by atoms with E-state index in [0.29, 0.717) is 46.7 Å². The number of thioether (sulfide) groups is 1. The molecule has 0 bridgehead atoms. The minimum atomic E-state index is -3.92. The quantitative estimate of drug-likeness (QED) is 0.0834. The number of amides is 2. The second-order valence-electron chi connectivity index (χ2n) is 7.80. The predicted octanol–water partition coefficient (Wildman–Crippen LogP) is 2.36. The molecule has 2 amide bonds. The molecule has 0 spiro atoms. The van der Waals surface area contributed by atoms with E-state index in [1.165, 1.54) is 16.7 Å². The summed E-state index contributed by atoms with van der Waals surface area (Å²) >= 11 is 1.50. The molecule has 0 radical (unpaired) electrons. The van der Waals surface area contributed by atoms with Gasteiger partial charge in [0.05, 0.1) is 32.5 Å². The van der Waals surface area contributed by atoms with E-state index in [4.69, 9.17) is 29.2 Å². The van der Waals surface area contributed by atoms with Crippen LogP contribution in [0.15, 0.2) is 82.7 Å². The molecule has 3 aromatic carbocycles. The summed E-state index contributed by atoms with van der Waals surface area (Å²) in [7, 11) is -3.92. The Hall–Kier alpha value is -4.20. The third-order valence-electron chi connectivity index (χ3n) is 4.86. The third kappa shape index (κ3) is 8.16. The number of imide groups is 1. The maximum atomic E-state index is 12.4. The van der Waals surface area contributed by atoms with Gasteiger partial charge in [-0.3, -0.25) is 14.5 Å². The summed E-state index contributed by atoms with van der Waals surface area (Å²) in [6, 6.07) is 20.2. The molecule has 198 valence electrons. The van der Waals surface area contributed by atoms with E-state index < -0.39 is 16.1 Å². The highest BCUT2D eigenvalue weighted by atomic mass is 32.2. The SMILES string of the molecule is CS(=O)(=O)[O-].NC(N)=Nc1ccc(C(=O)Oc2ccc(SCCN3C(=O)c4ccccc4C3=O)cc2)cc1. The summed E-state index contributed by atoms with van der Waals surface area (Å²) in [5, 5.41) is 0. The van der Waals surface area contributed by atoms with Crippen molar-refractivity contribution in [3.63, 3.8) is 0 Å². The van der Waals surface area contributed by atoms with Crippen LogP contribution in [0, 0.1) is 0 Å². The number of esters is 1. The molecule has 1 aliphatic heterocycles. The first-order valence-electron chi connectivity index (χ1n) is 10.9. The number of aliphatic imine (C=N–C) groups is 1. The van der Waals surface area contributed by atoms with Crippen LogP contribution in [0.3, 0.4) is 0 Å². The summed E-state index contributed by atoms with van der Waals surface area (Å²) in [5.41, 5.74) is 12.5. The second-order valence-corrected chi connectivity index (χ2v) is 10.4. The second kappa shape index (κ2) is 12.4. The minimum Gasteiger partial charge on any atom is -0.748 e. The molecule has 11 nitrogen and oxygen atoms in total. The summed E-state index contributed by atoms with van der Waals surface area (Å²) in [6.45, 7) is 0.309. The number of guanidine groups is 1. The largest absolute Gasteiger partial charge is 0.748 e. The van der Waals surface area contributed by atoms with Gasteiger partial charge in [0.15, 0.2) is 5.96 Å². The Balaban J connectivity index is 0.000000732. The molecule has 1 aliphatic rings. The minimum absolute atomic E-state index is 0.0630. The Labute approximate surface area is 223 Å². The van der Waals surface area contributed by atoms with Gasteiger partial charge in [0, 0.05) is 23.4 Å². The van der Waals surface area contributed by atoms with Crippen LogP contribution >= 0.6 is 11.8 Å². The zero-order valence-corrected chi connectivity index (χ0v) is 21.7. The average molecular weight is 556 g/mol. The number of nitrogens with two attached hydrogens (primary N) is 2. The number of fused-ring (bicyclic) bond motifs is 1. The van der Waals surface area contributed by atoms with Crippen LogP contribution in [-0.4, -0.2) is 60.2 Å². The highest BCUT2D eigenvalue weighted by Gasteiger charge is 2.34. The normalized spacial score (nSPS) is 12.3. The summed E-state index contributed by atoms with van der Waals surface area (Å²) in [5.74, 6) is -0.135. The highest BCUT2D eigenvalue weighted by molar-refractivity contribution is 7.99.